The molecular formula is C18H12N6O2. The van der Waals surface area contributed by atoms with Crippen LogP contribution in [0.15, 0.2) is 18.2 Å². The molecular weight excluding hydrogens is 332 g/mol. The lowest BCUT2D eigenvalue weighted by Gasteiger charge is -2.12. The normalized spacial score (nSPS) is 21.8. The highest BCUT2D eigenvalue weighted by molar-refractivity contribution is 6.02. The largest absolute Gasteiger partial charge is 0.493 e. The summed E-state index contributed by atoms with van der Waals surface area (Å²) in [5.41, 5.74) is -3.89. The van der Waals surface area contributed by atoms with Crippen molar-refractivity contribution in [1.82, 2.24) is 0 Å². The minimum absolute atomic E-state index is 0.331. The predicted molar refractivity (Wildman–Crippen MR) is 86.4 cm³/mol. The van der Waals surface area contributed by atoms with E-state index >= 15 is 0 Å². The van der Waals surface area contributed by atoms with Crippen molar-refractivity contribution in [3.8, 4) is 41.8 Å². The molecule has 0 unspecified atom stereocenters. The molecule has 0 saturated heterocycles. The minimum Gasteiger partial charge on any atom is -0.493 e. The second-order valence-electron chi connectivity index (χ2n) is 5.60. The first-order valence-electron chi connectivity index (χ1n) is 7.31. The van der Waals surface area contributed by atoms with Gasteiger partial charge in [-0.25, -0.2) is 0 Å². The van der Waals surface area contributed by atoms with Gasteiger partial charge in [-0.05, 0) is 17.7 Å². The predicted octanol–water partition coefficient (Wildman–Crippen LogP) is 2.03. The Bertz CT molecular complexity index is 953. The SMILES string of the molecule is COc1ccc([C@@H]2C(C#N)(C#N)[C@]2(C#N)C(=N)C(C#N)C#N)cc1OC. The molecule has 0 amide bonds. The summed E-state index contributed by atoms with van der Waals surface area (Å²) in [6.45, 7) is 0. The molecule has 1 N–H and O–H groups in total. The molecule has 126 valence electrons. The fraction of sp³-hybridized carbons (Fsp3) is 0.333. The molecule has 8 heteroatoms. The Morgan fingerprint density at radius 2 is 1.58 bits per heavy atom. The van der Waals surface area contributed by atoms with Gasteiger partial charge in [0.25, 0.3) is 0 Å². The molecule has 1 aromatic carbocycles. The van der Waals surface area contributed by atoms with Crippen LogP contribution in [0.1, 0.15) is 11.5 Å². The second-order valence-corrected chi connectivity index (χ2v) is 5.60. The number of rotatable bonds is 5. The molecule has 0 aliphatic heterocycles. The highest BCUT2D eigenvalue weighted by atomic mass is 16.5. The van der Waals surface area contributed by atoms with E-state index in [4.69, 9.17) is 25.4 Å². The fourth-order valence-corrected chi connectivity index (χ4v) is 3.30. The van der Waals surface area contributed by atoms with Gasteiger partial charge in [-0.3, -0.25) is 0 Å². The molecule has 26 heavy (non-hydrogen) atoms. The first kappa shape index (κ1) is 18.3. The van der Waals surface area contributed by atoms with Crippen LogP contribution < -0.4 is 9.47 Å². The summed E-state index contributed by atoms with van der Waals surface area (Å²) in [5.74, 6) is -1.77. The van der Waals surface area contributed by atoms with E-state index in [0.29, 0.717) is 17.1 Å². The number of nitrogens with zero attached hydrogens (tertiary/aromatic N) is 5. The van der Waals surface area contributed by atoms with E-state index in [1.54, 1.807) is 24.3 Å². The number of methoxy groups -OCH3 is 2. The second kappa shape index (κ2) is 6.45. The van der Waals surface area contributed by atoms with Crippen molar-refractivity contribution in [2.24, 2.45) is 16.7 Å². The summed E-state index contributed by atoms with van der Waals surface area (Å²) >= 11 is 0. The van der Waals surface area contributed by atoms with E-state index in [1.165, 1.54) is 20.3 Å². The Morgan fingerprint density at radius 1 is 1.00 bits per heavy atom. The Balaban J connectivity index is 2.69. The number of hydrogen-bond acceptors (Lipinski definition) is 8. The molecule has 1 aromatic rings. The van der Waals surface area contributed by atoms with Crippen molar-refractivity contribution in [3.05, 3.63) is 23.8 Å². The van der Waals surface area contributed by atoms with Crippen LogP contribution in [0.2, 0.25) is 0 Å². The van der Waals surface area contributed by atoms with Crippen LogP contribution in [0.25, 0.3) is 0 Å². The number of benzene rings is 1. The van der Waals surface area contributed by atoms with Crippen molar-refractivity contribution in [3.63, 3.8) is 0 Å². The van der Waals surface area contributed by atoms with Crippen LogP contribution in [0.3, 0.4) is 0 Å². The van der Waals surface area contributed by atoms with Crippen LogP contribution in [0.5, 0.6) is 11.5 Å². The molecule has 2 rings (SSSR count). The maximum Gasteiger partial charge on any atom is 0.177 e. The minimum atomic E-state index is -1.88. The lowest BCUT2D eigenvalue weighted by atomic mass is 9.84. The zero-order valence-electron chi connectivity index (χ0n) is 13.9. The van der Waals surface area contributed by atoms with Gasteiger partial charge in [0.15, 0.2) is 22.8 Å². The van der Waals surface area contributed by atoms with Crippen LogP contribution in [-0.4, -0.2) is 19.9 Å². The Morgan fingerprint density at radius 3 is 2.00 bits per heavy atom. The zero-order chi connectivity index (χ0) is 19.5. The molecule has 1 saturated carbocycles. The molecule has 0 radical (unpaired) electrons. The lowest BCUT2D eigenvalue weighted by Crippen LogP contribution is -2.26. The third kappa shape index (κ3) is 2.06. The highest BCUT2D eigenvalue weighted by Gasteiger charge is 2.83. The van der Waals surface area contributed by atoms with Gasteiger partial charge in [0, 0.05) is 5.92 Å². The van der Waals surface area contributed by atoms with Gasteiger partial charge in [0.2, 0.25) is 0 Å². The number of ether oxygens (including phenoxy) is 2. The average molecular weight is 344 g/mol. The third-order valence-corrected chi connectivity index (χ3v) is 4.65. The van der Waals surface area contributed by atoms with Crippen molar-refractivity contribution < 1.29 is 9.47 Å². The van der Waals surface area contributed by atoms with E-state index in [1.807, 2.05) is 18.2 Å². The Kier molecular flexibility index (Phi) is 4.53. The van der Waals surface area contributed by atoms with E-state index in [9.17, 15) is 15.8 Å². The Hall–Kier alpha value is -4.06. The van der Waals surface area contributed by atoms with E-state index < -0.39 is 28.4 Å². The molecule has 0 heterocycles. The molecule has 0 aromatic heterocycles. The van der Waals surface area contributed by atoms with Crippen LogP contribution in [-0.2, 0) is 0 Å². The van der Waals surface area contributed by atoms with E-state index in [0.717, 1.165) is 0 Å². The van der Waals surface area contributed by atoms with Crippen molar-refractivity contribution in [2.45, 2.75) is 5.92 Å². The first-order valence-corrected chi connectivity index (χ1v) is 7.31. The number of hydrogen-bond donors (Lipinski definition) is 1. The third-order valence-electron chi connectivity index (χ3n) is 4.65. The molecule has 8 nitrogen and oxygen atoms in total. The van der Waals surface area contributed by atoms with E-state index in [-0.39, 0.29) is 0 Å². The number of nitriles is 5. The summed E-state index contributed by atoms with van der Waals surface area (Å²) in [6.07, 6.45) is 0. The zero-order valence-corrected chi connectivity index (χ0v) is 13.9. The summed E-state index contributed by atoms with van der Waals surface area (Å²) < 4.78 is 10.4. The molecule has 0 bridgehead atoms. The molecule has 1 aliphatic carbocycles. The van der Waals surface area contributed by atoms with Crippen LogP contribution >= 0.6 is 0 Å². The lowest BCUT2D eigenvalue weighted by molar-refractivity contribution is 0.354. The highest BCUT2D eigenvalue weighted by Crippen LogP contribution is 2.74. The van der Waals surface area contributed by atoms with Gasteiger partial charge in [-0.1, -0.05) is 6.07 Å². The summed E-state index contributed by atoms with van der Waals surface area (Å²) in [7, 11) is 2.86. The average Bonchev–Trinajstić information content (AvgIpc) is 3.31. The Labute approximate surface area is 150 Å². The first-order chi connectivity index (χ1) is 12.5. The maximum atomic E-state index is 9.76. The van der Waals surface area contributed by atoms with Gasteiger partial charge in [0.1, 0.15) is 5.41 Å². The monoisotopic (exact) mass is 344 g/mol. The quantitative estimate of drug-likeness (QED) is 0.799. The van der Waals surface area contributed by atoms with Crippen LogP contribution in [0.4, 0.5) is 0 Å². The van der Waals surface area contributed by atoms with E-state index in [2.05, 4.69) is 0 Å². The van der Waals surface area contributed by atoms with Gasteiger partial charge >= 0.3 is 0 Å². The van der Waals surface area contributed by atoms with Crippen molar-refractivity contribution in [1.29, 1.82) is 31.7 Å². The topological polar surface area (TPSA) is 161 Å². The molecule has 1 fully saturated rings. The summed E-state index contributed by atoms with van der Waals surface area (Å²) in [6, 6.07) is 13.4. The summed E-state index contributed by atoms with van der Waals surface area (Å²) in [4.78, 5) is 0. The molecule has 1 aliphatic rings. The van der Waals surface area contributed by atoms with Crippen molar-refractivity contribution >= 4 is 5.71 Å². The van der Waals surface area contributed by atoms with Crippen LogP contribution in [0, 0.1) is 78.8 Å². The van der Waals surface area contributed by atoms with Gasteiger partial charge in [-0.2, -0.15) is 26.3 Å². The molecule has 2 atom stereocenters. The standard InChI is InChI=1S/C18H12N6O2/c1-25-13-4-3-11(5-14(13)26-2)15-17(8-21,9-22)18(15,10-23)16(24)12(6-19)7-20/h3-5,12,15,24H,1-2H3/t15-,18+/m1/s1. The molecule has 0 spiro atoms. The number of nitrogens with one attached hydrogen (secondary N) is 1. The fourth-order valence-electron chi connectivity index (χ4n) is 3.30. The van der Waals surface area contributed by atoms with Gasteiger partial charge in [0.05, 0.1) is 50.3 Å². The summed E-state index contributed by atoms with van der Waals surface area (Å²) in [5, 5.41) is 55.4. The van der Waals surface area contributed by atoms with Gasteiger partial charge < -0.3 is 14.9 Å². The van der Waals surface area contributed by atoms with Crippen molar-refractivity contribution in [2.75, 3.05) is 14.2 Å². The maximum absolute atomic E-state index is 9.76. The van der Waals surface area contributed by atoms with Gasteiger partial charge in [-0.15, -0.1) is 0 Å². The smallest absolute Gasteiger partial charge is 0.177 e.